The highest BCUT2D eigenvalue weighted by Gasteiger charge is 2.19. The molecule has 0 aromatic rings. The van der Waals surface area contributed by atoms with Crippen LogP contribution in [-0.2, 0) is 28.6 Å². The molecule has 0 rings (SSSR count). The van der Waals surface area contributed by atoms with Crippen molar-refractivity contribution in [1.82, 2.24) is 0 Å². The molecule has 0 aliphatic rings. The topological polar surface area (TPSA) is 78.9 Å². The zero-order valence-electron chi connectivity index (χ0n) is 51.1. The number of hydrogen-bond donors (Lipinski definition) is 0. The van der Waals surface area contributed by atoms with Crippen LogP contribution in [0, 0.1) is 0 Å². The maximum Gasteiger partial charge on any atom is 0.306 e. The Labute approximate surface area is 487 Å². The van der Waals surface area contributed by atoms with Gasteiger partial charge in [-0.1, -0.05) is 276 Å². The van der Waals surface area contributed by atoms with Gasteiger partial charge in [-0.15, -0.1) is 0 Å². The van der Waals surface area contributed by atoms with Crippen LogP contribution in [0.5, 0.6) is 0 Å². The first-order valence-corrected chi connectivity index (χ1v) is 32.3. The Balaban J connectivity index is 4.44. The molecular weight excluding hydrogens is 973 g/mol. The molecule has 6 heteroatoms. The van der Waals surface area contributed by atoms with Gasteiger partial charge < -0.3 is 14.2 Å². The first-order chi connectivity index (χ1) is 39.0. The van der Waals surface area contributed by atoms with Crippen molar-refractivity contribution in [1.29, 1.82) is 0 Å². The van der Waals surface area contributed by atoms with Crippen LogP contribution >= 0.6 is 0 Å². The third-order valence-corrected chi connectivity index (χ3v) is 13.3. The number of ether oxygens (including phenoxy) is 3. The van der Waals surface area contributed by atoms with E-state index in [0.717, 1.165) is 103 Å². The average molecular weight is 1090 g/mol. The molecule has 0 spiro atoms. The Morgan fingerprint density at radius 3 is 0.848 bits per heavy atom. The van der Waals surface area contributed by atoms with Gasteiger partial charge in [-0.2, -0.15) is 0 Å². The van der Waals surface area contributed by atoms with Crippen LogP contribution < -0.4 is 0 Å². The van der Waals surface area contributed by atoms with Crippen LogP contribution in [0.1, 0.15) is 278 Å². The fourth-order valence-corrected chi connectivity index (χ4v) is 8.55. The van der Waals surface area contributed by atoms with Crippen LogP contribution in [0.4, 0.5) is 0 Å². The van der Waals surface area contributed by atoms with Gasteiger partial charge in [-0.05, 0) is 128 Å². The van der Waals surface area contributed by atoms with Crippen molar-refractivity contribution in [3.8, 4) is 0 Å². The number of carbonyl (C=O) groups excluding carboxylic acids is 3. The van der Waals surface area contributed by atoms with E-state index in [4.69, 9.17) is 14.2 Å². The molecule has 0 fully saturated rings. The molecule has 6 nitrogen and oxygen atoms in total. The first-order valence-electron chi connectivity index (χ1n) is 32.3. The van der Waals surface area contributed by atoms with E-state index >= 15 is 0 Å². The van der Waals surface area contributed by atoms with Gasteiger partial charge >= 0.3 is 17.9 Å². The normalized spacial score (nSPS) is 13.1. The maximum atomic E-state index is 12.9. The summed E-state index contributed by atoms with van der Waals surface area (Å²) in [4.78, 5) is 38.3. The molecule has 0 saturated heterocycles. The SMILES string of the molecule is CC/C=C\C/C=C\C/C=C\C/C=C\C/C=C\C/C=C\CCC(=O)OC(COC(=O)CCCC/C=C\C/C=C\C/C=C\C/C=C\CC)COC(=O)CCCCCCCCCCCCCCCCC/C=C\C/C=C\CCCCCCC. The minimum atomic E-state index is -0.843. The van der Waals surface area contributed by atoms with Crippen molar-refractivity contribution in [3.05, 3.63) is 146 Å². The van der Waals surface area contributed by atoms with E-state index in [1.54, 1.807) is 0 Å². The number of allylic oxidation sites excluding steroid dienone is 24. The molecule has 0 bridgehead atoms. The summed E-state index contributed by atoms with van der Waals surface area (Å²) in [5.41, 5.74) is 0. The summed E-state index contributed by atoms with van der Waals surface area (Å²) in [6.07, 6.45) is 94.5. The van der Waals surface area contributed by atoms with E-state index < -0.39 is 12.1 Å². The van der Waals surface area contributed by atoms with E-state index in [9.17, 15) is 14.4 Å². The smallest absolute Gasteiger partial charge is 0.306 e. The molecule has 0 amide bonds. The highest BCUT2D eigenvalue weighted by atomic mass is 16.6. The highest BCUT2D eigenvalue weighted by molar-refractivity contribution is 5.71. The molecule has 0 aromatic heterocycles. The zero-order chi connectivity index (χ0) is 57.1. The van der Waals surface area contributed by atoms with Crippen molar-refractivity contribution in [2.75, 3.05) is 13.2 Å². The van der Waals surface area contributed by atoms with E-state index in [2.05, 4.69) is 154 Å². The van der Waals surface area contributed by atoms with Gasteiger partial charge in [0.15, 0.2) is 6.10 Å². The molecule has 0 radical (unpaired) electrons. The minimum absolute atomic E-state index is 0.126. The van der Waals surface area contributed by atoms with Crippen LogP contribution in [0.15, 0.2) is 146 Å². The summed E-state index contributed by atoms with van der Waals surface area (Å²) < 4.78 is 16.8. The predicted molar refractivity (Wildman–Crippen MR) is 343 cm³/mol. The van der Waals surface area contributed by atoms with Gasteiger partial charge in [0.05, 0.1) is 0 Å². The summed E-state index contributed by atoms with van der Waals surface area (Å²) in [5, 5.41) is 0. The van der Waals surface area contributed by atoms with Crippen molar-refractivity contribution in [2.45, 2.75) is 284 Å². The fourth-order valence-electron chi connectivity index (χ4n) is 8.55. The predicted octanol–water partition coefficient (Wildman–Crippen LogP) is 22.3. The molecule has 1 unspecified atom stereocenters. The largest absolute Gasteiger partial charge is 0.462 e. The summed E-state index contributed by atoms with van der Waals surface area (Å²) in [5.74, 6) is -1.05. The Morgan fingerprint density at radius 1 is 0.266 bits per heavy atom. The lowest BCUT2D eigenvalue weighted by atomic mass is 10.0. The van der Waals surface area contributed by atoms with Crippen LogP contribution in [0.3, 0.4) is 0 Å². The van der Waals surface area contributed by atoms with Gasteiger partial charge in [-0.25, -0.2) is 0 Å². The number of rotatable bonds is 57. The molecular formula is C73H118O6. The van der Waals surface area contributed by atoms with Crippen molar-refractivity contribution < 1.29 is 28.6 Å². The second-order valence-corrected chi connectivity index (χ2v) is 20.9. The second-order valence-electron chi connectivity index (χ2n) is 20.9. The molecule has 0 heterocycles. The van der Waals surface area contributed by atoms with E-state index in [1.807, 2.05) is 12.2 Å². The van der Waals surface area contributed by atoms with Gasteiger partial charge in [0, 0.05) is 19.3 Å². The molecule has 0 saturated carbocycles. The molecule has 0 N–H and O–H groups in total. The lowest BCUT2D eigenvalue weighted by molar-refractivity contribution is -0.166. The Kier molecular flexibility index (Phi) is 61.9. The van der Waals surface area contributed by atoms with Gasteiger partial charge in [0.2, 0.25) is 0 Å². The van der Waals surface area contributed by atoms with Gasteiger partial charge in [0.1, 0.15) is 13.2 Å². The standard InChI is InChI=1S/C73H118O6/c1-4-7-10-13-16-19-22-25-28-30-32-33-34-35-36-37-38-39-41-42-45-48-51-54-57-60-63-66-72(75)78-69-70(68-77-71(74)65-62-59-56-53-50-47-44-27-24-21-18-15-12-9-6-3)79-73(76)67-64-61-58-55-52-49-46-43-40-31-29-26-23-20-17-14-11-8-5-2/h8-9,11-12,17-18,20-22,25-27,29-30,32,40,43-44,49-50,52-53,58,61,70H,4-7,10,13-16,19,23-24,28,31,33-39,41-42,45-48,51,54-57,59-60,62-69H2,1-3H3/b11-8-,12-9-,20-17-,21-18-,25-22-,29-26-,32-30-,43-40-,44-27-,52-49-,53-50-,61-58-. The molecule has 79 heavy (non-hydrogen) atoms. The van der Waals surface area contributed by atoms with Gasteiger partial charge in [0.25, 0.3) is 0 Å². The van der Waals surface area contributed by atoms with Crippen LogP contribution in [0.2, 0.25) is 0 Å². The van der Waals surface area contributed by atoms with E-state index in [1.165, 1.54) is 122 Å². The Bertz CT molecular complexity index is 1730. The molecule has 0 aromatic carbocycles. The van der Waals surface area contributed by atoms with Crippen molar-refractivity contribution in [3.63, 3.8) is 0 Å². The monoisotopic (exact) mass is 1090 g/mol. The lowest BCUT2D eigenvalue weighted by Crippen LogP contribution is -2.30. The number of unbranched alkanes of at least 4 members (excludes halogenated alkanes) is 22. The molecule has 446 valence electrons. The van der Waals surface area contributed by atoms with Gasteiger partial charge in [-0.3, -0.25) is 14.4 Å². The summed E-state index contributed by atoms with van der Waals surface area (Å²) >= 11 is 0. The number of esters is 3. The number of carbonyl (C=O) groups is 3. The summed E-state index contributed by atoms with van der Waals surface area (Å²) in [6, 6.07) is 0. The van der Waals surface area contributed by atoms with Crippen LogP contribution in [0.25, 0.3) is 0 Å². The summed E-state index contributed by atoms with van der Waals surface area (Å²) in [6.45, 7) is 6.31. The fraction of sp³-hybridized carbons (Fsp3) is 0.630. The van der Waals surface area contributed by atoms with Crippen molar-refractivity contribution in [2.24, 2.45) is 0 Å². The zero-order valence-corrected chi connectivity index (χ0v) is 51.1. The first kappa shape index (κ1) is 74.3. The molecule has 0 aliphatic heterocycles. The average Bonchev–Trinajstić information content (AvgIpc) is 3.45. The second kappa shape index (κ2) is 65.8. The molecule has 0 aliphatic carbocycles. The number of hydrogen-bond acceptors (Lipinski definition) is 6. The van der Waals surface area contributed by atoms with E-state index in [-0.39, 0.29) is 38.0 Å². The minimum Gasteiger partial charge on any atom is -0.462 e. The van der Waals surface area contributed by atoms with E-state index in [0.29, 0.717) is 19.3 Å². The quantitative estimate of drug-likeness (QED) is 0.0261. The molecule has 1 atom stereocenters. The third kappa shape index (κ3) is 64.0. The van der Waals surface area contributed by atoms with Crippen molar-refractivity contribution >= 4 is 17.9 Å². The third-order valence-electron chi connectivity index (χ3n) is 13.3. The maximum absolute atomic E-state index is 12.9. The Hall–Kier alpha value is -4.71. The van der Waals surface area contributed by atoms with Crippen LogP contribution in [-0.4, -0.2) is 37.2 Å². The lowest BCUT2D eigenvalue weighted by Gasteiger charge is -2.18. The Morgan fingerprint density at radius 2 is 0.519 bits per heavy atom. The highest BCUT2D eigenvalue weighted by Crippen LogP contribution is 2.15. The summed E-state index contributed by atoms with van der Waals surface area (Å²) in [7, 11) is 0.